The minimum atomic E-state index is -1.07. The van der Waals surface area contributed by atoms with Gasteiger partial charge in [0, 0.05) is 17.7 Å². The number of rotatable bonds is 7. The molecule has 0 atom stereocenters. The van der Waals surface area contributed by atoms with Crippen molar-refractivity contribution in [2.75, 3.05) is 6.54 Å². The fraction of sp³-hybridized carbons (Fsp3) is 0.105. The number of carboxylic acid groups (broad SMARTS) is 1. The maximum absolute atomic E-state index is 13.9. The average Bonchev–Trinajstić information content (AvgIpc) is 2.63. The molecule has 0 spiro atoms. The van der Waals surface area contributed by atoms with E-state index in [1.807, 2.05) is 0 Å². The number of amides is 2. The number of carbonyl (C=O) groups excluding carboxylic acids is 2. The van der Waals surface area contributed by atoms with E-state index in [9.17, 15) is 18.8 Å². The predicted octanol–water partition coefficient (Wildman–Crippen LogP) is 2.19. The summed E-state index contributed by atoms with van der Waals surface area (Å²) < 4.78 is 13.9. The van der Waals surface area contributed by atoms with Gasteiger partial charge in [-0.2, -0.15) is 0 Å². The molecule has 2 amide bonds. The van der Waals surface area contributed by atoms with Crippen molar-refractivity contribution in [3.05, 3.63) is 77.2 Å². The molecule has 0 saturated heterocycles. The Hall–Kier alpha value is -3.48. The monoisotopic (exact) mass is 356 g/mol. The van der Waals surface area contributed by atoms with E-state index < -0.39 is 23.6 Å². The highest BCUT2D eigenvalue weighted by Gasteiger charge is 2.15. The topological polar surface area (TPSA) is 95.5 Å². The van der Waals surface area contributed by atoms with E-state index in [0.29, 0.717) is 5.56 Å². The first-order valence-corrected chi connectivity index (χ1v) is 7.80. The largest absolute Gasteiger partial charge is 0.481 e. The van der Waals surface area contributed by atoms with Crippen LogP contribution in [0.1, 0.15) is 22.3 Å². The summed E-state index contributed by atoms with van der Waals surface area (Å²) in [5.41, 5.74) is 0.254. The van der Waals surface area contributed by atoms with Crippen molar-refractivity contribution >= 4 is 23.9 Å². The van der Waals surface area contributed by atoms with E-state index in [0.717, 1.165) is 0 Å². The third-order valence-electron chi connectivity index (χ3n) is 3.36. The fourth-order valence-electron chi connectivity index (χ4n) is 2.07. The molecule has 0 aliphatic carbocycles. The lowest BCUT2D eigenvalue weighted by Crippen LogP contribution is -2.35. The van der Waals surface area contributed by atoms with Crippen molar-refractivity contribution in [3.8, 4) is 0 Å². The number of carbonyl (C=O) groups is 3. The summed E-state index contributed by atoms with van der Waals surface area (Å²) in [6.45, 7) is -0.121. The van der Waals surface area contributed by atoms with Gasteiger partial charge in [-0.3, -0.25) is 14.4 Å². The second-order valence-corrected chi connectivity index (χ2v) is 5.30. The Bertz CT molecular complexity index is 834. The molecule has 0 saturated carbocycles. The van der Waals surface area contributed by atoms with Gasteiger partial charge in [-0.1, -0.05) is 36.4 Å². The van der Waals surface area contributed by atoms with E-state index in [2.05, 4.69) is 10.6 Å². The van der Waals surface area contributed by atoms with E-state index in [-0.39, 0.29) is 24.2 Å². The molecule has 2 aromatic rings. The molecule has 0 aliphatic rings. The Morgan fingerprint density at radius 2 is 1.65 bits per heavy atom. The van der Waals surface area contributed by atoms with E-state index in [1.54, 1.807) is 36.4 Å². The number of nitrogens with one attached hydrogen (secondary N) is 2. The third kappa shape index (κ3) is 5.55. The van der Waals surface area contributed by atoms with Gasteiger partial charge >= 0.3 is 5.97 Å². The molecule has 0 heterocycles. The Kier molecular flexibility index (Phi) is 6.61. The van der Waals surface area contributed by atoms with Crippen LogP contribution in [0, 0.1) is 5.82 Å². The lowest BCUT2D eigenvalue weighted by molar-refractivity contribution is -0.136. The molecule has 6 nitrogen and oxygen atoms in total. The fourth-order valence-corrected chi connectivity index (χ4v) is 2.07. The third-order valence-corrected chi connectivity index (χ3v) is 3.36. The van der Waals surface area contributed by atoms with Crippen LogP contribution in [0.4, 0.5) is 4.39 Å². The summed E-state index contributed by atoms with van der Waals surface area (Å²) in [6.07, 6.45) is 0.928. The molecular weight excluding hydrogens is 339 g/mol. The highest BCUT2D eigenvalue weighted by molar-refractivity contribution is 6.05. The Morgan fingerprint density at radius 1 is 1.00 bits per heavy atom. The van der Waals surface area contributed by atoms with Gasteiger partial charge in [-0.15, -0.1) is 0 Å². The Morgan fingerprint density at radius 3 is 2.31 bits per heavy atom. The van der Waals surface area contributed by atoms with Gasteiger partial charge in [0.25, 0.3) is 11.8 Å². The quantitative estimate of drug-likeness (QED) is 0.663. The van der Waals surface area contributed by atoms with Crippen molar-refractivity contribution in [2.45, 2.75) is 6.42 Å². The molecule has 2 aromatic carbocycles. The summed E-state index contributed by atoms with van der Waals surface area (Å²) in [4.78, 5) is 35.2. The lowest BCUT2D eigenvalue weighted by atomic mass is 10.1. The highest BCUT2D eigenvalue weighted by Crippen LogP contribution is 2.11. The normalized spacial score (nSPS) is 10.9. The average molecular weight is 356 g/mol. The molecule has 134 valence electrons. The van der Waals surface area contributed by atoms with Crippen LogP contribution in [-0.2, 0) is 9.59 Å². The maximum atomic E-state index is 13.9. The van der Waals surface area contributed by atoms with Crippen LogP contribution < -0.4 is 10.6 Å². The van der Waals surface area contributed by atoms with Gasteiger partial charge in [0.05, 0.1) is 6.42 Å². The summed E-state index contributed by atoms with van der Waals surface area (Å²) in [6, 6.07) is 14.0. The smallest absolute Gasteiger partial charge is 0.305 e. The molecule has 0 aliphatic heterocycles. The zero-order chi connectivity index (χ0) is 18.9. The molecule has 0 radical (unpaired) electrons. The number of benzene rings is 2. The van der Waals surface area contributed by atoms with Crippen molar-refractivity contribution in [1.82, 2.24) is 10.6 Å². The molecule has 26 heavy (non-hydrogen) atoms. The van der Waals surface area contributed by atoms with Crippen LogP contribution in [-0.4, -0.2) is 29.4 Å². The first-order valence-electron chi connectivity index (χ1n) is 7.80. The zero-order valence-corrected chi connectivity index (χ0v) is 13.7. The molecule has 3 N–H and O–H groups in total. The lowest BCUT2D eigenvalue weighted by Gasteiger charge is -2.11. The van der Waals surface area contributed by atoms with E-state index in [1.165, 1.54) is 24.3 Å². The number of halogens is 1. The molecule has 2 rings (SSSR count). The van der Waals surface area contributed by atoms with Crippen LogP contribution in [0.15, 0.2) is 60.3 Å². The van der Waals surface area contributed by atoms with Crippen LogP contribution in [0.5, 0.6) is 0 Å². The second kappa shape index (κ2) is 9.12. The number of carboxylic acids is 1. The van der Waals surface area contributed by atoms with E-state index in [4.69, 9.17) is 5.11 Å². The van der Waals surface area contributed by atoms with Crippen LogP contribution >= 0.6 is 0 Å². The second-order valence-electron chi connectivity index (χ2n) is 5.30. The minimum absolute atomic E-state index is 0.115. The maximum Gasteiger partial charge on any atom is 0.305 e. The van der Waals surface area contributed by atoms with Gasteiger partial charge in [-0.05, 0) is 24.3 Å². The van der Waals surface area contributed by atoms with E-state index >= 15 is 0 Å². The van der Waals surface area contributed by atoms with Gasteiger partial charge in [-0.25, -0.2) is 4.39 Å². The summed E-state index contributed by atoms with van der Waals surface area (Å²) in [5, 5.41) is 13.5. The number of hydrogen-bond donors (Lipinski definition) is 3. The molecule has 7 heteroatoms. The van der Waals surface area contributed by atoms with Crippen LogP contribution in [0.25, 0.3) is 6.08 Å². The van der Waals surface area contributed by atoms with Crippen molar-refractivity contribution < 1.29 is 23.9 Å². The molecule has 0 fully saturated rings. The van der Waals surface area contributed by atoms with Crippen LogP contribution in [0.3, 0.4) is 0 Å². The van der Waals surface area contributed by atoms with Gasteiger partial charge < -0.3 is 15.7 Å². The van der Waals surface area contributed by atoms with Gasteiger partial charge in [0.2, 0.25) is 0 Å². The zero-order valence-electron chi connectivity index (χ0n) is 13.7. The summed E-state index contributed by atoms with van der Waals surface area (Å²) >= 11 is 0. The van der Waals surface area contributed by atoms with Gasteiger partial charge in [0.15, 0.2) is 0 Å². The summed E-state index contributed by atoms with van der Waals surface area (Å²) in [5.74, 6) is -2.88. The number of hydrogen-bond acceptors (Lipinski definition) is 3. The molecular formula is C19H17FN2O4. The highest BCUT2D eigenvalue weighted by atomic mass is 19.1. The van der Waals surface area contributed by atoms with Crippen molar-refractivity contribution in [3.63, 3.8) is 0 Å². The SMILES string of the molecule is O=C(O)CCNC(=O)C(=Cc1ccccc1F)NC(=O)c1ccccc1. The molecule has 0 aromatic heterocycles. The van der Waals surface area contributed by atoms with Gasteiger partial charge in [0.1, 0.15) is 11.5 Å². The van der Waals surface area contributed by atoms with Crippen molar-refractivity contribution in [1.29, 1.82) is 0 Å². The predicted molar refractivity (Wildman–Crippen MR) is 93.5 cm³/mol. The van der Waals surface area contributed by atoms with Crippen LogP contribution in [0.2, 0.25) is 0 Å². The Labute approximate surface area is 149 Å². The molecule has 0 unspecified atom stereocenters. The summed E-state index contributed by atoms with van der Waals surface area (Å²) in [7, 11) is 0. The number of aliphatic carboxylic acids is 1. The molecule has 0 bridgehead atoms. The first-order chi connectivity index (χ1) is 12.5. The Balaban J connectivity index is 2.23. The van der Waals surface area contributed by atoms with Crippen molar-refractivity contribution in [2.24, 2.45) is 0 Å². The standard InChI is InChI=1S/C19H17FN2O4/c20-15-9-5-4-8-14(15)12-16(19(26)21-11-10-17(23)24)22-18(25)13-6-2-1-3-7-13/h1-9,12H,10-11H2,(H,21,26)(H,22,25)(H,23,24). The first kappa shape index (κ1) is 18.9. The minimum Gasteiger partial charge on any atom is -0.481 e.